The first-order valence-electron chi connectivity index (χ1n) is 12.7. The molecule has 2 aromatic carbocycles. The number of hydrogen-bond donors (Lipinski definition) is 3. The van der Waals surface area contributed by atoms with Crippen LogP contribution in [0.4, 0.5) is 10.4 Å². The van der Waals surface area contributed by atoms with E-state index in [4.69, 9.17) is 15.9 Å². The Morgan fingerprint density at radius 2 is 1.89 bits per heavy atom. The molecule has 2 heterocycles. The summed E-state index contributed by atoms with van der Waals surface area (Å²) < 4.78 is 44.9. The van der Waals surface area contributed by atoms with Gasteiger partial charge in [-0.2, -0.15) is 4.98 Å². The quantitative estimate of drug-likeness (QED) is 0.315. The van der Waals surface area contributed by atoms with Crippen LogP contribution < -0.4 is 16.8 Å². The number of oxazole rings is 1. The molecule has 0 aliphatic carbocycles. The van der Waals surface area contributed by atoms with E-state index in [1.807, 2.05) is 12.1 Å². The Balaban J connectivity index is 1.39. The molecule has 12 heteroatoms. The summed E-state index contributed by atoms with van der Waals surface area (Å²) in [6.45, 7) is 5.27. The molecular weight excluding hydrogens is 509 g/mol. The number of nitrogens with two attached hydrogens (primary N) is 2. The highest BCUT2D eigenvalue weighted by Crippen LogP contribution is 2.24. The van der Waals surface area contributed by atoms with Gasteiger partial charge in [0.2, 0.25) is 5.96 Å². The highest BCUT2D eigenvalue weighted by Gasteiger charge is 2.19. The third-order valence-electron chi connectivity index (χ3n) is 6.39. The highest BCUT2D eigenvalue weighted by molar-refractivity contribution is 7.91. The lowest BCUT2D eigenvalue weighted by atomic mass is 9.98. The van der Waals surface area contributed by atoms with Crippen LogP contribution in [-0.4, -0.2) is 69.0 Å². The molecule has 0 saturated carbocycles. The van der Waals surface area contributed by atoms with Crippen LogP contribution in [0.2, 0.25) is 0 Å². The Morgan fingerprint density at radius 1 is 1.13 bits per heavy atom. The van der Waals surface area contributed by atoms with E-state index in [0.717, 1.165) is 31.5 Å². The predicted molar refractivity (Wildman–Crippen MR) is 148 cm³/mol. The minimum atomic E-state index is -3.35. The SMILES string of the molecule is CCS(=O)(=O)c1ccc2oc(NC3=NCC(c4ccc(CN(CCCN)CCCN)c(F)c4)C=N3)nc2c1. The van der Waals surface area contributed by atoms with Crippen LogP contribution in [0.25, 0.3) is 11.1 Å². The number of aromatic nitrogens is 1. The molecule has 0 saturated heterocycles. The molecule has 0 amide bonds. The summed E-state index contributed by atoms with van der Waals surface area (Å²) in [7, 11) is -3.35. The summed E-state index contributed by atoms with van der Waals surface area (Å²) in [4.78, 5) is 15.5. The van der Waals surface area contributed by atoms with Crippen molar-refractivity contribution in [2.24, 2.45) is 21.5 Å². The van der Waals surface area contributed by atoms with Gasteiger partial charge in [0.1, 0.15) is 11.3 Å². The van der Waals surface area contributed by atoms with Gasteiger partial charge >= 0.3 is 6.01 Å². The lowest BCUT2D eigenvalue weighted by Gasteiger charge is -2.23. The van der Waals surface area contributed by atoms with Crippen molar-refractivity contribution in [2.45, 2.75) is 37.1 Å². The highest BCUT2D eigenvalue weighted by atomic mass is 32.2. The number of fused-ring (bicyclic) bond motifs is 1. The number of benzene rings is 2. The van der Waals surface area contributed by atoms with E-state index in [0.29, 0.717) is 48.8 Å². The van der Waals surface area contributed by atoms with Crippen molar-refractivity contribution in [1.82, 2.24) is 9.88 Å². The van der Waals surface area contributed by atoms with Gasteiger partial charge in [-0.3, -0.25) is 10.2 Å². The van der Waals surface area contributed by atoms with Gasteiger partial charge in [0.25, 0.3) is 0 Å². The molecule has 3 aromatic rings. The second-order valence-corrected chi connectivity index (χ2v) is 11.4. The molecule has 0 radical (unpaired) electrons. The lowest BCUT2D eigenvalue weighted by Crippen LogP contribution is -2.28. The number of nitrogens with one attached hydrogen (secondary N) is 1. The molecule has 10 nitrogen and oxygen atoms in total. The van der Waals surface area contributed by atoms with Gasteiger partial charge in [0.05, 0.1) is 17.2 Å². The van der Waals surface area contributed by atoms with Crippen LogP contribution in [0.5, 0.6) is 0 Å². The fourth-order valence-electron chi connectivity index (χ4n) is 4.18. The fourth-order valence-corrected chi connectivity index (χ4v) is 5.08. The van der Waals surface area contributed by atoms with Gasteiger partial charge < -0.3 is 15.9 Å². The molecule has 204 valence electrons. The van der Waals surface area contributed by atoms with E-state index >= 15 is 0 Å². The normalized spacial score (nSPS) is 15.8. The van der Waals surface area contributed by atoms with Gasteiger partial charge in [0, 0.05) is 24.2 Å². The van der Waals surface area contributed by atoms with Gasteiger partial charge in [0.15, 0.2) is 15.4 Å². The first-order valence-corrected chi connectivity index (χ1v) is 14.4. The zero-order chi connectivity index (χ0) is 27.1. The topological polar surface area (TPSA) is 152 Å². The summed E-state index contributed by atoms with van der Waals surface area (Å²) in [5, 5.41) is 2.92. The van der Waals surface area contributed by atoms with Crippen molar-refractivity contribution in [3.8, 4) is 0 Å². The standard InChI is InChI=1S/C26H34FN7O3S/c1-2-38(35,36)21-7-8-24-23(14-21)32-26(37-24)33-25-30-15-20(16-31-25)18-5-6-19(22(27)13-18)17-34(11-3-9-28)12-4-10-29/h5-8,13-15,20H,2-4,9-12,16-17,28-29H2,1H3,(H,31,32,33). The summed E-state index contributed by atoms with van der Waals surface area (Å²) in [6, 6.07) is 10.00. The fraction of sp³-hybridized carbons (Fsp3) is 0.423. The van der Waals surface area contributed by atoms with Crippen LogP contribution in [0, 0.1) is 5.82 Å². The van der Waals surface area contributed by atoms with Gasteiger partial charge in [-0.25, -0.2) is 22.8 Å². The summed E-state index contributed by atoms with van der Waals surface area (Å²) in [6.07, 6.45) is 3.41. The molecule has 0 fully saturated rings. The van der Waals surface area contributed by atoms with Crippen LogP contribution in [0.3, 0.4) is 0 Å². The van der Waals surface area contributed by atoms with Crippen molar-refractivity contribution < 1.29 is 17.2 Å². The molecule has 0 spiro atoms. The van der Waals surface area contributed by atoms with Gasteiger partial charge in [-0.1, -0.05) is 19.1 Å². The van der Waals surface area contributed by atoms with Crippen LogP contribution in [0.15, 0.2) is 55.7 Å². The number of sulfone groups is 1. The monoisotopic (exact) mass is 543 g/mol. The average molecular weight is 544 g/mol. The zero-order valence-electron chi connectivity index (χ0n) is 21.4. The Morgan fingerprint density at radius 3 is 2.53 bits per heavy atom. The van der Waals surface area contributed by atoms with Crippen LogP contribution >= 0.6 is 0 Å². The smallest absolute Gasteiger partial charge is 0.302 e. The number of aliphatic imine (C=N–C) groups is 2. The Labute approximate surface area is 221 Å². The minimum Gasteiger partial charge on any atom is -0.423 e. The number of halogens is 1. The molecule has 1 atom stereocenters. The summed E-state index contributed by atoms with van der Waals surface area (Å²) >= 11 is 0. The Kier molecular flexibility index (Phi) is 9.21. The van der Waals surface area contributed by atoms with E-state index in [1.54, 1.807) is 25.3 Å². The first kappa shape index (κ1) is 27.8. The molecule has 1 unspecified atom stereocenters. The Bertz CT molecular complexity index is 1410. The second kappa shape index (κ2) is 12.6. The molecular formula is C26H34FN7O3S. The molecule has 38 heavy (non-hydrogen) atoms. The Hall–Kier alpha value is -3.19. The molecule has 1 aliphatic heterocycles. The van der Waals surface area contributed by atoms with Crippen molar-refractivity contribution in [3.05, 3.63) is 53.3 Å². The number of anilines is 1. The second-order valence-electron chi connectivity index (χ2n) is 9.14. The van der Waals surface area contributed by atoms with Crippen LogP contribution in [-0.2, 0) is 16.4 Å². The lowest BCUT2D eigenvalue weighted by molar-refractivity contribution is 0.258. The van der Waals surface area contributed by atoms with E-state index in [1.165, 1.54) is 12.1 Å². The van der Waals surface area contributed by atoms with Crippen molar-refractivity contribution in [2.75, 3.05) is 43.8 Å². The third-order valence-corrected chi connectivity index (χ3v) is 8.12. The average Bonchev–Trinajstić information content (AvgIpc) is 3.33. The number of rotatable bonds is 12. The zero-order valence-corrected chi connectivity index (χ0v) is 22.3. The summed E-state index contributed by atoms with van der Waals surface area (Å²) in [5.41, 5.74) is 13.6. The predicted octanol–water partition coefficient (Wildman–Crippen LogP) is 2.90. The number of hydrogen-bond acceptors (Lipinski definition) is 10. The van der Waals surface area contributed by atoms with E-state index in [2.05, 4.69) is 25.2 Å². The largest absolute Gasteiger partial charge is 0.423 e. The number of nitrogens with zero attached hydrogens (tertiary/aromatic N) is 4. The van der Waals surface area contributed by atoms with Crippen LogP contribution in [0.1, 0.15) is 36.8 Å². The molecule has 4 rings (SSSR count). The van der Waals surface area contributed by atoms with E-state index in [-0.39, 0.29) is 28.4 Å². The molecule has 1 aromatic heterocycles. The molecule has 1 aliphatic rings. The van der Waals surface area contributed by atoms with E-state index < -0.39 is 9.84 Å². The summed E-state index contributed by atoms with van der Waals surface area (Å²) in [5.74, 6) is -0.116. The van der Waals surface area contributed by atoms with Crippen molar-refractivity contribution in [3.63, 3.8) is 0 Å². The van der Waals surface area contributed by atoms with Gasteiger partial charge in [-0.15, -0.1) is 0 Å². The molecule has 5 N–H and O–H groups in total. The maximum absolute atomic E-state index is 15.0. The first-order chi connectivity index (χ1) is 18.3. The maximum atomic E-state index is 15.0. The van der Waals surface area contributed by atoms with Gasteiger partial charge in [-0.05, 0) is 68.8 Å². The number of guanidine groups is 1. The third kappa shape index (κ3) is 6.81. The minimum absolute atomic E-state index is 0.00279. The molecule has 0 bridgehead atoms. The van der Waals surface area contributed by atoms with E-state index in [9.17, 15) is 12.8 Å². The van der Waals surface area contributed by atoms with Crippen molar-refractivity contribution >= 4 is 39.1 Å². The maximum Gasteiger partial charge on any atom is 0.302 e. The van der Waals surface area contributed by atoms with Crippen molar-refractivity contribution in [1.29, 1.82) is 0 Å².